The zero-order valence-corrected chi connectivity index (χ0v) is 13.8. The van der Waals surface area contributed by atoms with Crippen LogP contribution in [0.2, 0.25) is 0 Å². The van der Waals surface area contributed by atoms with Gasteiger partial charge >= 0.3 is 6.09 Å². The van der Waals surface area contributed by atoms with Crippen molar-refractivity contribution in [1.29, 1.82) is 0 Å². The number of aromatic nitrogens is 2. The van der Waals surface area contributed by atoms with E-state index in [1.165, 1.54) is 6.33 Å². The van der Waals surface area contributed by atoms with E-state index < -0.39 is 5.60 Å². The summed E-state index contributed by atoms with van der Waals surface area (Å²) in [6.45, 7) is 8.89. The molecule has 22 heavy (non-hydrogen) atoms. The molecule has 1 fully saturated rings. The van der Waals surface area contributed by atoms with Crippen LogP contribution in [-0.4, -0.2) is 45.8 Å². The molecule has 0 N–H and O–H groups in total. The first-order valence-corrected chi connectivity index (χ1v) is 7.83. The smallest absolute Gasteiger partial charge is 0.410 e. The van der Waals surface area contributed by atoms with Crippen molar-refractivity contribution in [3.63, 3.8) is 0 Å². The second-order valence-corrected chi connectivity index (χ2v) is 6.51. The van der Waals surface area contributed by atoms with Crippen molar-refractivity contribution in [3.8, 4) is 5.88 Å². The van der Waals surface area contributed by atoms with E-state index in [2.05, 4.69) is 9.97 Å². The molecule has 6 nitrogen and oxygen atoms in total. The third-order valence-electron chi connectivity index (χ3n) is 3.38. The van der Waals surface area contributed by atoms with Crippen LogP contribution in [-0.2, 0) is 11.2 Å². The molecule has 122 valence electrons. The summed E-state index contributed by atoms with van der Waals surface area (Å²) in [5.74, 6) is 0.572. The second kappa shape index (κ2) is 6.94. The summed E-state index contributed by atoms with van der Waals surface area (Å²) in [7, 11) is 0. The van der Waals surface area contributed by atoms with Crippen LogP contribution in [0, 0.1) is 0 Å². The molecule has 2 rings (SSSR count). The lowest BCUT2D eigenvalue weighted by atomic mass is 10.1. The Hall–Kier alpha value is -1.85. The summed E-state index contributed by atoms with van der Waals surface area (Å²) in [5, 5.41) is 0. The number of piperidine rings is 1. The highest BCUT2D eigenvalue weighted by Gasteiger charge is 2.28. The van der Waals surface area contributed by atoms with Crippen LogP contribution in [0.25, 0.3) is 0 Å². The minimum atomic E-state index is -0.479. The first kappa shape index (κ1) is 16.5. The van der Waals surface area contributed by atoms with Crippen molar-refractivity contribution < 1.29 is 14.3 Å². The normalized spacial score (nSPS) is 18.9. The van der Waals surface area contributed by atoms with E-state index in [0.717, 1.165) is 25.0 Å². The van der Waals surface area contributed by atoms with Gasteiger partial charge < -0.3 is 14.4 Å². The Morgan fingerprint density at radius 2 is 2.18 bits per heavy atom. The summed E-state index contributed by atoms with van der Waals surface area (Å²) in [4.78, 5) is 22.1. The molecular formula is C16H25N3O3. The Labute approximate surface area is 131 Å². The molecule has 6 heteroatoms. The van der Waals surface area contributed by atoms with Crippen LogP contribution in [0.5, 0.6) is 5.88 Å². The summed E-state index contributed by atoms with van der Waals surface area (Å²) in [6, 6.07) is 1.85. The number of nitrogens with zero attached hydrogens (tertiary/aromatic N) is 3. The van der Waals surface area contributed by atoms with Gasteiger partial charge in [-0.15, -0.1) is 0 Å². The van der Waals surface area contributed by atoms with Gasteiger partial charge in [0.2, 0.25) is 5.88 Å². The van der Waals surface area contributed by atoms with E-state index in [9.17, 15) is 4.79 Å². The van der Waals surface area contributed by atoms with Crippen molar-refractivity contribution in [1.82, 2.24) is 14.9 Å². The van der Waals surface area contributed by atoms with Gasteiger partial charge in [-0.3, -0.25) is 0 Å². The molecule has 1 saturated heterocycles. The minimum Gasteiger partial charge on any atom is -0.472 e. The molecule has 1 aliphatic rings. The van der Waals surface area contributed by atoms with E-state index in [4.69, 9.17) is 9.47 Å². The van der Waals surface area contributed by atoms with Gasteiger partial charge in [-0.1, -0.05) is 6.92 Å². The number of amides is 1. The first-order valence-electron chi connectivity index (χ1n) is 7.83. The summed E-state index contributed by atoms with van der Waals surface area (Å²) in [5.41, 5.74) is 0.470. The number of hydrogen-bond donors (Lipinski definition) is 0. The molecule has 1 amide bonds. The molecule has 1 aromatic rings. The molecule has 0 aliphatic carbocycles. The molecule has 0 radical (unpaired) electrons. The minimum absolute atomic E-state index is 0.0547. The average molecular weight is 307 g/mol. The van der Waals surface area contributed by atoms with Gasteiger partial charge in [-0.25, -0.2) is 14.8 Å². The fourth-order valence-electron chi connectivity index (χ4n) is 2.33. The first-order chi connectivity index (χ1) is 10.4. The monoisotopic (exact) mass is 307 g/mol. The van der Waals surface area contributed by atoms with E-state index in [1.807, 2.05) is 33.8 Å². The van der Waals surface area contributed by atoms with E-state index in [1.54, 1.807) is 4.90 Å². The maximum atomic E-state index is 12.1. The Morgan fingerprint density at radius 1 is 1.41 bits per heavy atom. The lowest BCUT2D eigenvalue weighted by Crippen LogP contribution is -2.46. The maximum absolute atomic E-state index is 12.1. The molecule has 0 saturated carbocycles. The number of carbonyl (C=O) groups is 1. The number of aryl methyl sites for hydroxylation is 1. The van der Waals surface area contributed by atoms with Crippen LogP contribution >= 0.6 is 0 Å². The van der Waals surface area contributed by atoms with Crippen LogP contribution in [0.15, 0.2) is 12.4 Å². The van der Waals surface area contributed by atoms with Crippen molar-refractivity contribution in [2.75, 3.05) is 13.1 Å². The molecule has 0 unspecified atom stereocenters. The SMILES string of the molecule is CCc1cc(O[C@@H]2CCCN(C(=O)OC(C)(C)C)C2)ncn1. The van der Waals surface area contributed by atoms with Crippen molar-refractivity contribution in [3.05, 3.63) is 18.1 Å². The van der Waals surface area contributed by atoms with Gasteiger partial charge in [0.05, 0.1) is 6.54 Å². The van der Waals surface area contributed by atoms with Gasteiger partial charge in [0.15, 0.2) is 0 Å². The predicted molar refractivity (Wildman–Crippen MR) is 82.9 cm³/mol. The van der Waals surface area contributed by atoms with Gasteiger partial charge in [0.1, 0.15) is 18.0 Å². The van der Waals surface area contributed by atoms with Crippen LogP contribution in [0.4, 0.5) is 4.79 Å². The summed E-state index contributed by atoms with van der Waals surface area (Å²) >= 11 is 0. The zero-order chi connectivity index (χ0) is 16.2. The van der Waals surface area contributed by atoms with Crippen molar-refractivity contribution in [2.24, 2.45) is 0 Å². The Kier molecular flexibility index (Phi) is 5.21. The second-order valence-electron chi connectivity index (χ2n) is 6.51. The molecule has 1 aliphatic heterocycles. The number of carbonyl (C=O) groups excluding carboxylic acids is 1. The lowest BCUT2D eigenvalue weighted by molar-refractivity contribution is 0.00719. The van der Waals surface area contributed by atoms with E-state index in [-0.39, 0.29) is 12.2 Å². The van der Waals surface area contributed by atoms with Crippen LogP contribution in [0.1, 0.15) is 46.2 Å². The van der Waals surface area contributed by atoms with E-state index in [0.29, 0.717) is 19.0 Å². The summed E-state index contributed by atoms with van der Waals surface area (Å²) in [6.07, 6.45) is 3.83. The predicted octanol–water partition coefficient (Wildman–Crippen LogP) is 2.82. The number of likely N-dealkylation sites (tertiary alicyclic amines) is 1. The lowest BCUT2D eigenvalue weighted by Gasteiger charge is -2.33. The van der Waals surface area contributed by atoms with Crippen LogP contribution in [0.3, 0.4) is 0 Å². The van der Waals surface area contributed by atoms with Crippen molar-refractivity contribution in [2.45, 2.75) is 58.7 Å². The highest BCUT2D eigenvalue weighted by Crippen LogP contribution is 2.19. The third kappa shape index (κ3) is 4.86. The standard InChI is InChI=1S/C16H25N3O3/c1-5-12-9-14(18-11-17-12)21-13-7-6-8-19(10-13)15(20)22-16(2,3)4/h9,11,13H,5-8,10H2,1-4H3/t13-/m1/s1. The molecule has 2 heterocycles. The quantitative estimate of drug-likeness (QED) is 0.859. The number of hydrogen-bond acceptors (Lipinski definition) is 5. The summed E-state index contributed by atoms with van der Waals surface area (Å²) < 4.78 is 11.3. The molecule has 0 spiro atoms. The van der Waals surface area contributed by atoms with Crippen LogP contribution < -0.4 is 4.74 Å². The fourth-order valence-corrected chi connectivity index (χ4v) is 2.33. The Balaban J connectivity index is 1.94. The highest BCUT2D eigenvalue weighted by atomic mass is 16.6. The number of rotatable bonds is 3. The largest absolute Gasteiger partial charge is 0.472 e. The Bertz CT molecular complexity index is 514. The molecule has 0 bridgehead atoms. The molecule has 1 atom stereocenters. The molecule has 0 aromatic carbocycles. The maximum Gasteiger partial charge on any atom is 0.410 e. The average Bonchev–Trinajstić information content (AvgIpc) is 2.46. The molecular weight excluding hydrogens is 282 g/mol. The van der Waals surface area contributed by atoms with Gasteiger partial charge in [-0.2, -0.15) is 0 Å². The Morgan fingerprint density at radius 3 is 2.86 bits per heavy atom. The van der Waals surface area contributed by atoms with Gasteiger partial charge in [0, 0.05) is 18.3 Å². The topological polar surface area (TPSA) is 64.5 Å². The van der Waals surface area contributed by atoms with Crippen molar-refractivity contribution >= 4 is 6.09 Å². The van der Waals surface area contributed by atoms with Gasteiger partial charge in [0.25, 0.3) is 0 Å². The number of ether oxygens (including phenoxy) is 2. The van der Waals surface area contributed by atoms with E-state index >= 15 is 0 Å². The molecule has 1 aromatic heterocycles. The zero-order valence-electron chi connectivity index (χ0n) is 13.8. The fraction of sp³-hybridized carbons (Fsp3) is 0.688. The van der Waals surface area contributed by atoms with Gasteiger partial charge in [-0.05, 0) is 40.0 Å². The highest BCUT2D eigenvalue weighted by molar-refractivity contribution is 5.68. The third-order valence-corrected chi connectivity index (χ3v) is 3.38.